The Balaban J connectivity index is 2.39. The molecule has 0 fully saturated rings. The number of nitrogens with one attached hydrogen (secondary N) is 1. The Labute approximate surface area is 120 Å². The van der Waals surface area contributed by atoms with E-state index in [0.29, 0.717) is 27.6 Å². The second-order valence-corrected chi connectivity index (χ2v) is 4.64. The average molecular weight is 293 g/mol. The highest BCUT2D eigenvalue weighted by molar-refractivity contribution is 6.31. The van der Waals surface area contributed by atoms with Gasteiger partial charge in [0.05, 0.1) is 29.2 Å². The minimum absolute atomic E-state index is 0.0973. The largest absolute Gasteiger partial charge is 0.478 e. The fourth-order valence-electron chi connectivity index (χ4n) is 1.78. The summed E-state index contributed by atoms with van der Waals surface area (Å²) in [5.74, 6) is -1.06. The van der Waals surface area contributed by atoms with Gasteiger partial charge < -0.3 is 21.3 Å². The fraction of sp³-hybridized carbons (Fsp3) is 0.0714. The van der Waals surface area contributed by atoms with Gasteiger partial charge in [-0.25, -0.2) is 4.79 Å². The molecule has 0 bridgehead atoms. The standard InChI is InChI=1S/C14H13ClN2O3/c15-9-2-3-10(14(19)20)13(6-9)17-12-4-1-8(7-18)5-11(12)16/h1-6,17-18H,7,16H2,(H,19,20). The van der Waals surface area contributed by atoms with E-state index in [-0.39, 0.29) is 12.2 Å². The molecule has 0 amide bonds. The quantitative estimate of drug-likeness (QED) is 0.650. The second-order valence-electron chi connectivity index (χ2n) is 4.20. The summed E-state index contributed by atoms with van der Waals surface area (Å²) in [7, 11) is 0. The van der Waals surface area contributed by atoms with Crippen LogP contribution in [0.2, 0.25) is 5.02 Å². The number of carboxylic acids is 1. The third-order valence-corrected chi connectivity index (χ3v) is 3.02. The van der Waals surface area contributed by atoms with Crippen LogP contribution in [0.3, 0.4) is 0 Å². The molecule has 5 N–H and O–H groups in total. The highest BCUT2D eigenvalue weighted by Gasteiger charge is 2.11. The van der Waals surface area contributed by atoms with Crippen molar-refractivity contribution in [3.05, 3.63) is 52.5 Å². The van der Waals surface area contributed by atoms with Gasteiger partial charge in [0.15, 0.2) is 0 Å². The van der Waals surface area contributed by atoms with E-state index in [2.05, 4.69) is 5.32 Å². The van der Waals surface area contributed by atoms with Crippen molar-refractivity contribution in [2.75, 3.05) is 11.1 Å². The second kappa shape index (κ2) is 5.81. The van der Waals surface area contributed by atoms with Crippen molar-refractivity contribution in [3.63, 3.8) is 0 Å². The van der Waals surface area contributed by atoms with E-state index in [1.165, 1.54) is 18.2 Å². The first-order valence-electron chi connectivity index (χ1n) is 5.80. The van der Waals surface area contributed by atoms with Crippen LogP contribution in [0.1, 0.15) is 15.9 Å². The van der Waals surface area contributed by atoms with Gasteiger partial charge in [-0.15, -0.1) is 0 Å². The number of carbonyl (C=O) groups is 1. The molecule has 0 aromatic heterocycles. The predicted octanol–water partition coefficient (Wildman–Crippen LogP) is 2.86. The van der Waals surface area contributed by atoms with E-state index in [1.807, 2.05) is 0 Å². The third kappa shape index (κ3) is 3.01. The van der Waals surface area contributed by atoms with Gasteiger partial charge in [0, 0.05) is 5.02 Å². The van der Waals surface area contributed by atoms with Crippen molar-refractivity contribution >= 4 is 34.6 Å². The summed E-state index contributed by atoms with van der Waals surface area (Å²) in [6, 6.07) is 9.44. The number of aliphatic hydroxyl groups is 1. The lowest BCUT2D eigenvalue weighted by Crippen LogP contribution is -2.04. The summed E-state index contributed by atoms with van der Waals surface area (Å²) in [6.07, 6.45) is 0. The maximum atomic E-state index is 11.2. The molecule has 2 aromatic rings. The van der Waals surface area contributed by atoms with Crippen LogP contribution in [-0.4, -0.2) is 16.2 Å². The highest BCUT2D eigenvalue weighted by atomic mass is 35.5. The first kappa shape index (κ1) is 14.2. The summed E-state index contributed by atoms with van der Waals surface area (Å²) in [6.45, 7) is -0.109. The van der Waals surface area contributed by atoms with Gasteiger partial charge in [0.25, 0.3) is 0 Å². The Morgan fingerprint density at radius 3 is 2.55 bits per heavy atom. The number of rotatable bonds is 4. The molecule has 0 saturated carbocycles. The number of halogens is 1. The van der Waals surface area contributed by atoms with E-state index in [0.717, 1.165) is 0 Å². The first-order valence-corrected chi connectivity index (χ1v) is 6.18. The highest BCUT2D eigenvalue weighted by Crippen LogP contribution is 2.28. The molecule has 0 atom stereocenters. The minimum Gasteiger partial charge on any atom is -0.478 e. The minimum atomic E-state index is -1.06. The van der Waals surface area contributed by atoms with Crippen LogP contribution in [0, 0.1) is 0 Å². The van der Waals surface area contributed by atoms with Crippen LogP contribution in [0.25, 0.3) is 0 Å². The monoisotopic (exact) mass is 292 g/mol. The molecule has 0 unspecified atom stereocenters. The Morgan fingerprint density at radius 2 is 1.95 bits per heavy atom. The predicted molar refractivity (Wildman–Crippen MR) is 78.5 cm³/mol. The van der Waals surface area contributed by atoms with Gasteiger partial charge in [0.2, 0.25) is 0 Å². The molecule has 104 valence electrons. The summed E-state index contributed by atoms with van der Waals surface area (Å²) in [5.41, 5.74) is 7.94. The number of nitrogen functional groups attached to an aromatic ring is 1. The fourth-order valence-corrected chi connectivity index (χ4v) is 1.95. The van der Waals surface area contributed by atoms with E-state index < -0.39 is 5.97 Å². The Morgan fingerprint density at radius 1 is 1.20 bits per heavy atom. The van der Waals surface area contributed by atoms with Gasteiger partial charge >= 0.3 is 5.97 Å². The number of aromatic carboxylic acids is 1. The van der Waals surface area contributed by atoms with E-state index in [1.54, 1.807) is 18.2 Å². The van der Waals surface area contributed by atoms with Crippen LogP contribution >= 0.6 is 11.6 Å². The summed E-state index contributed by atoms with van der Waals surface area (Å²) in [4.78, 5) is 11.2. The lowest BCUT2D eigenvalue weighted by Gasteiger charge is -2.13. The third-order valence-electron chi connectivity index (χ3n) is 2.78. The molecule has 2 aromatic carbocycles. The van der Waals surface area contributed by atoms with Crippen molar-refractivity contribution in [3.8, 4) is 0 Å². The molecular formula is C14H13ClN2O3. The van der Waals surface area contributed by atoms with Gasteiger partial charge in [0.1, 0.15) is 0 Å². The topological polar surface area (TPSA) is 95.6 Å². The molecule has 0 radical (unpaired) electrons. The van der Waals surface area contributed by atoms with Crippen molar-refractivity contribution in [1.29, 1.82) is 0 Å². The number of hydrogen-bond acceptors (Lipinski definition) is 4. The smallest absolute Gasteiger partial charge is 0.337 e. The normalized spacial score (nSPS) is 10.3. The number of aliphatic hydroxyl groups excluding tert-OH is 1. The number of hydrogen-bond donors (Lipinski definition) is 4. The van der Waals surface area contributed by atoms with Gasteiger partial charge in [-0.1, -0.05) is 17.7 Å². The number of carboxylic acid groups (broad SMARTS) is 1. The van der Waals surface area contributed by atoms with E-state index in [9.17, 15) is 4.79 Å². The molecule has 0 heterocycles. The van der Waals surface area contributed by atoms with Gasteiger partial charge in [-0.2, -0.15) is 0 Å². The van der Waals surface area contributed by atoms with Crippen LogP contribution in [-0.2, 0) is 6.61 Å². The average Bonchev–Trinajstić information content (AvgIpc) is 2.40. The van der Waals surface area contributed by atoms with Gasteiger partial charge in [-0.3, -0.25) is 0 Å². The molecule has 0 spiro atoms. The molecule has 6 heteroatoms. The van der Waals surface area contributed by atoms with Crippen molar-refractivity contribution in [2.24, 2.45) is 0 Å². The Hall–Kier alpha value is -2.24. The van der Waals surface area contributed by atoms with Crippen molar-refractivity contribution in [1.82, 2.24) is 0 Å². The van der Waals surface area contributed by atoms with E-state index >= 15 is 0 Å². The maximum absolute atomic E-state index is 11.2. The zero-order chi connectivity index (χ0) is 14.7. The number of anilines is 3. The Bertz CT molecular complexity index is 659. The van der Waals surface area contributed by atoms with Gasteiger partial charge in [-0.05, 0) is 35.9 Å². The molecule has 0 aliphatic rings. The zero-order valence-corrected chi connectivity index (χ0v) is 11.2. The SMILES string of the molecule is Nc1cc(CO)ccc1Nc1cc(Cl)ccc1C(=O)O. The van der Waals surface area contributed by atoms with Crippen LogP contribution < -0.4 is 11.1 Å². The molecule has 20 heavy (non-hydrogen) atoms. The maximum Gasteiger partial charge on any atom is 0.337 e. The molecule has 5 nitrogen and oxygen atoms in total. The summed E-state index contributed by atoms with van der Waals surface area (Å²) >= 11 is 5.88. The molecular weight excluding hydrogens is 280 g/mol. The van der Waals surface area contributed by atoms with Crippen LogP contribution in [0.15, 0.2) is 36.4 Å². The van der Waals surface area contributed by atoms with E-state index in [4.69, 9.17) is 27.5 Å². The summed E-state index contributed by atoms with van der Waals surface area (Å²) < 4.78 is 0. The molecule has 0 saturated heterocycles. The van der Waals surface area contributed by atoms with Crippen molar-refractivity contribution in [2.45, 2.75) is 6.61 Å². The molecule has 0 aliphatic heterocycles. The zero-order valence-electron chi connectivity index (χ0n) is 10.4. The van der Waals surface area contributed by atoms with Crippen LogP contribution in [0.5, 0.6) is 0 Å². The van der Waals surface area contributed by atoms with Crippen LogP contribution in [0.4, 0.5) is 17.1 Å². The lowest BCUT2D eigenvalue weighted by molar-refractivity contribution is 0.0698. The number of benzene rings is 2. The van der Waals surface area contributed by atoms with Crippen molar-refractivity contribution < 1.29 is 15.0 Å². The lowest BCUT2D eigenvalue weighted by atomic mass is 10.1. The first-order chi connectivity index (χ1) is 9.51. The molecule has 2 rings (SSSR count). The summed E-state index contributed by atoms with van der Waals surface area (Å²) in [5, 5.41) is 21.5. The molecule has 0 aliphatic carbocycles. The number of nitrogens with two attached hydrogens (primary N) is 1. The Kier molecular flexibility index (Phi) is 4.12.